The zero-order valence-corrected chi connectivity index (χ0v) is 11.7. The summed E-state index contributed by atoms with van der Waals surface area (Å²) < 4.78 is 24.8. The molecule has 1 aromatic heterocycles. The fraction of sp³-hybridized carbons (Fsp3) is 0.125. The van der Waals surface area contributed by atoms with Crippen LogP contribution in [0.4, 0.5) is 0 Å². The average molecular weight is 338 g/mol. The first-order valence-electron chi connectivity index (χ1n) is 4.33. The number of hydrogen-bond acceptors (Lipinski definition) is 5. The van der Waals surface area contributed by atoms with Gasteiger partial charge in [-0.25, -0.2) is 8.42 Å². The lowest BCUT2D eigenvalue weighted by molar-refractivity contribution is 0.586. The average Bonchev–Trinajstić information content (AvgIpc) is 2.69. The first kappa shape index (κ1) is 12.5. The lowest BCUT2D eigenvalue weighted by Crippen LogP contribution is -2.09. The van der Waals surface area contributed by atoms with E-state index in [4.69, 9.17) is 11.6 Å². The summed E-state index contributed by atoms with van der Waals surface area (Å²) in [5, 5.41) is 10.5. The Hall–Kier alpha value is -0.990. The van der Waals surface area contributed by atoms with Gasteiger partial charge in [-0.05, 0) is 28.6 Å². The molecular formula is C8H6BrClN4O2S. The van der Waals surface area contributed by atoms with Gasteiger partial charge in [0.1, 0.15) is 0 Å². The first-order chi connectivity index (χ1) is 7.89. The number of benzene rings is 1. The SMILES string of the molecule is CS(=O)(=O)c1nnnn1-c1cc(Br)ccc1Cl. The molecule has 0 saturated heterocycles. The quantitative estimate of drug-likeness (QED) is 0.829. The van der Waals surface area contributed by atoms with Crippen molar-refractivity contribution in [3.05, 3.63) is 27.7 Å². The Morgan fingerprint density at radius 3 is 2.76 bits per heavy atom. The van der Waals surface area contributed by atoms with Crippen molar-refractivity contribution in [3.63, 3.8) is 0 Å². The van der Waals surface area contributed by atoms with Gasteiger partial charge in [0.05, 0.1) is 10.7 Å². The molecular weight excluding hydrogens is 332 g/mol. The Kier molecular flexibility index (Phi) is 3.19. The maximum atomic E-state index is 11.5. The zero-order chi connectivity index (χ0) is 12.6. The second kappa shape index (κ2) is 4.35. The summed E-state index contributed by atoms with van der Waals surface area (Å²) in [6.07, 6.45) is 1.03. The van der Waals surface area contributed by atoms with Gasteiger partial charge in [0.15, 0.2) is 0 Å². The smallest absolute Gasteiger partial charge is 0.221 e. The van der Waals surface area contributed by atoms with Crippen LogP contribution in [0, 0.1) is 0 Å². The van der Waals surface area contributed by atoms with Crippen LogP contribution in [0.3, 0.4) is 0 Å². The van der Waals surface area contributed by atoms with Crippen molar-refractivity contribution in [3.8, 4) is 5.69 Å². The van der Waals surface area contributed by atoms with E-state index in [1.165, 1.54) is 0 Å². The van der Waals surface area contributed by atoms with Crippen molar-refractivity contribution in [1.29, 1.82) is 0 Å². The highest BCUT2D eigenvalue weighted by Crippen LogP contribution is 2.25. The van der Waals surface area contributed by atoms with E-state index in [2.05, 4.69) is 31.5 Å². The number of aromatic nitrogens is 4. The monoisotopic (exact) mass is 336 g/mol. The van der Waals surface area contributed by atoms with Gasteiger partial charge in [0.2, 0.25) is 9.84 Å². The molecule has 0 aliphatic rings. The van der Waals surface area contributed by atoms with E-state index in [0.29, 0.717) is 10.7 Å². The summed E-state index contributed by atoms with van der Waals surface area (Å²) in [6, 6.07) is 4.98. The van der Waals surface area contributed by atoms with Crippen molar-refractivity contribution in [2.24, 2.45) is 0 Å². The van der Waals surface area contributed by atoms with Crippen LogP contribution in [0.5, 0.6) is 0 Å². The van der Waals surface area contributed by atoms with Crippen molar-refractivity contribution >= 4 is 37.4 Å². The summed E-state index contributed by atoms with van der Waals surface area (Å²) in [4.78, 5) is 0. The summed E-state index contributed by atoms with van der Waals surface area (Å²) in [5.41, 5.74) is 0.395. The van der Waals surface area contributed by atoms with Gasteiger partial charge < -0.3 is 0 Å². The summed E-state index contributed by atoms with van der Waals surface area (Å²) in [7, 11) is -3.51. The van der Waals surface area contributed by atoms with Crippen LogP contribution in [0.25, 0.3) is 5.69 Å². The molecule has 6 nitrogen and oxygen atoms in total. The van der Waals surface area contributed by atoms with Crippen molar-refractivity contribution in [2.75, 3.05) is 6.26 Å². The molecule has 2 rings (SSSR count). The van der Waals surface area contributed by atoms with Gasteiger partial charge in [0, 0.05) is 10.7 Å². The Morgan fingerprint density at radius 1 is 1.41 bits per heavy atom. The summed E-state index contributed by atoms with van der Waals surface area (Å²) >= 11 is 9.24. The third kappa shape index (κ3) is 2.48. The van der Waals surface area contributed by atoms with Crippen LogP contribution >= 0.6 is 27.5 Å². The standard InChI is InChI=1S/C8H6BrClN4O2S/c1-17(15,16)8-11-12-13-14(8)7-4-5(9)2-3-6(7)10/h2-4H,1H3. The highest BCUT2D eigenvalue weighted by Gasteiger charge is 2.20. The molecule has 0 radical (unpaired) electrons. The van der Waals surface area contributed by atoms with E-state index in [1.54, 1.807) is 18.2 Å². The molecule has 17 heavy (non-hydrogen) atoms. The minimum atomic E-state index is -3.51. The lowest BCUT2D eigenvalue weighted by Gasteiger charge is -2.05. The van der Waals surface area contributed by atoms with E-state index in [0.717, 1.165) is 15.4 Å². The Balaban J connectivity index is 2.70. The van der Waals surface area contributed by atoms with Gasteiger partial charge in [-0.3, -0.25) is 0 Å². The number of halogens is 2. The third-order valence-corrected chi connectivity index (χ3v) is 3.64. The molecule has 0 unspecified atom stereocenters. The van der Waals surface area contributed by atoms with Crippen molar-refractivity contribution in [2.45, 2.75) is 5.16 Å². The molecule has 1 heterocycles. The van der Waals surface area contributed by atoms with Crippen LogP contribution in [0.15, 0.2) is 27.8 Å². The molecule has 0 atom stereocenters. The van der Waals surface area contributed by atoms with E-state index in [9.17, 15) is 8.42 Å². The lowest BCUT2D eigenvalue weighted by atomic mass is 10.3. The molecule has 0 amide bonds. The van der Waals surface area contributed by atoms with Gasteiger partial charge in [0.25, 0.3) is 5.16 Å². The van der Waals surface area contributed by atoms with Crippen LogP contribution < -0.4 is 0 Å². The third-order valence-electron chi connectivity index (χ3n) is 1.91. The number of nitrogens with zero attached hydrogens (tertiary/aromatic N) is 4. The van der Waals surface area contributed by atoms with Crippen molar-refractivity contribution in [1.82, 2.24) is 20.2 Å². The number of sulfone groups is 1. The van der Waals surface area contributed by atoms with Gasteiger partial charge >= 0.3 is 0 Å². The Labute approximate surface area is 111 Å². The number of hydrogen-bond donors (Lipinski definition) is 0. The number of tetrazole rings is 1. The fourth-order valence-corrected chi connectivity index (χ4v) is 2.39. The highest BCUT2D eigenvalue weighted by atomic mass is 79.9. The Morgan fingerprint density at radius 2 is 2.12 bits per heavy atom. The molecule has 2 aromatic rings. The normalized spacial score (nSPS) is 11.7. The van der Waals surface area contributed by atoms with E-state index in [-0.39, 0.29) is 5.16 Å². The van der Waals surface area contributed by atoms with Crippen LogP contribution in [-0.2, 0) is 9.84 Å². The summed E-state index contributed by atoms with van der Waals surface area (Å²) in [6.45, 7) is 0. The predicted molar refractivity (Wildman–Crippen MR) is 65.0 cm³/mol. The summed E-state index contributed by atoms with van der Waals surface area (Å²) in [5.74, 6) is 0. The molecule has 0 aliphatic heterocycles. The van der Waals surface area contributed by atoms with E-state index < -0.39 is 9.84 Å². The van der Waals surface area contributed by atoms with E-state index in [1.807, 2.05) is 0 Å². The van der Waals surface area contributed by atoms with Crippen molar-refractivity contribution < 1.29 is 8.42 Å². The maximum absolute atomic E-state index is 11.5. The fourth-order valence-electron chi connectivity index (χ4n) is 1.21. The minimum Gasteiger partial charge on any atom is -0.221 e. The van der Waals surface area contributed by atoms with E-state index >= 15 is 0 Å². The zero-order valence-electron chi connectivity index (χ0n) is 8.50. The Bertz CT molecular complexity index is 670. The molecule has 90 valence electrons. The molecule has 0 N–H and O–H groups in total. The molecule has 0 aliphatic carbocycles. The van der Waals surface area contributed by atoms with Gasteiger partial charge in [-0.15, -0.1) is 0 Å². The predicted octanol–water partition coefficient (Wildman–Crippen LogP) is 1.48. The molecule has 0 bridgehead atoms. The van der Waals surface area contributed by atoms with Crippen LogP contribution in [0.1, 0.15) is 0 Å². The maximum Gasteiger partial charge on any atom is 0.272 e. The topological polar surface area (TPSA) is 77.7 Å². The minimum absolute atomic E-state index is 0.252. The van der Waals surface area contributed by atoms with Gasteiger partial charge in [-0.2, -0.15) is 4.68 Å². The molecule has 0 saturated carbocycles. The second-order valence-corrected chi connectivity index (χ2v) is 6.47. The van der Waals surface area contributed by atoms with Crippen LogP contribution in [-0.4, -0.2) is 34.9 Å². The first-order valence-corrected chi connectivity index (χ1v) is 7.39. The molecule has 9 heteroatoms. The van der Waals surface area contributed by atoms with Gasteiger partial charge in [-0.1, -0.05) is 32.6 Å². The number of rotatable bonds is 2. The molecule has 0 spiro atoms. The van der Waals surface area contributed by atoms with Crippen LogP contribution in [0.2, 0.25) is 5.02 Å². The second-order valence-electron chi connectivity index (χ2n) is 3.24. The largest absolute Gasteiger partial charge is 0.272 e. The molecule has 0 fully saturated rings. The highest BCUT2D eigenvalue weighted by molar-refractivity contribution is 9.10. The molecule has 1 aromatic carbocycles.